The second kappa shape index (κ2) is 18.5. The van der Waals surface area contributed by atoms with Gasteiger partial charge in [0.25, 0.3) is 17.7 Å². The van der Waals surface area contributed by atoms with Crippen LogP contribution in [0, 0.1) is 6.92 Å². The minimum atomic E-state index is -3.42. The molecule has 9 aromatic rings. The number of fused-ring (bicyclic) bond motifs is 3. The molecule has 0 fully saturated rings. The lowest BCUT2D eigenvalue weighted by molar-refractivity contribution is 0.0987. The Morgan fingerprint density at radius 2 is 1.02 bits per heavy atom. The fourth-order valence-corrected chi connectivity index (χ4v) is 7.45. The Morgan fingerprint density at radius 3 is 1.47 bits per heavy atom. The van der Waals surface area contributed by atoms with Gasteiger partial charge < -0.3 is 21.9 Å². The highest BCUT2D eigenvalue weighted by Crippen LogP contribution is 2.32. The molecule has 9 rings (SSSR count). The number of aryl methyl sites for hydroxylation is 1. The molecule has 1 aromatic carbocycles. The third-order valence-corrected chi connectivity index (χ3v) is 10.7. The molecule has 8 aromatic heterocycles. The first-order valence-corrected chi connectivity index (χ1v) is 21.0. The molecule has 17 nitrogen and oxygen atoms in total. The Kier molecular flexibility index (Phi) is 12.6. The summed E-state index contributed by atoms with van der Waals surface area (Å²) >= 11 is 0. The van der Waals surface area contributed by atoms with Gasteiger partial charge in [0.2, 0.25) is 5.88 Å². The summed E-state index contributed by atoms with van der Waals surface area (Å²) < 4.78 is 29.1. The predicted molar refractivity (Wildman–Crippen MR) is 240 cm³/mol. The Bertz CT molecular complexity index is 3370. The van der Waals surface area contributed by atoms with E-state index in [0.717, 1.165) is 45.0 Å². The zero-order valence-corrected chi connectivity index (χ0v) is 35.2. The van der Waals surface area contributed by atoms with Crippen LogP contribution >= 0.6 is 0 Å². The fraction of sp³-hybridized carbons (Fsp3) is 0.0652. The van der Waals surface area contributed by atoms with Crippen molar-refractivity contribution in [1.29, 1.82) is 0 Å². The SMILES string of the molecule is COc1ccc(-c2cncc3ccc(C(N)=O)nc23)cn1.CS(=O)(=O)c1ccccc1-c1cncc2ccc(C(N)=O)nc12.Cc1cc(-c2cncc3ccc(C(N)=O)nc23)ccn1. The molecule has 0 saturated heterocycles. The van der Waals surface area contributed by atoms with Crippen LogP contribution in [0.25, 0.3) is 66.1 Å². The number of aromatic nitrogens is 8. The molecule has 318 valence electrons. The molecule has 0 radical (unpaired) electrons. The first kappa shape index (κ1) is 43.4. The number of primary amides is 3. The Hall–Kier alpha value is -8.64. The highest BCUT2D eigenvalue weighted by molar-refractivity contribution is 7.90. The number of carbonyl (C=O) groups excluding carboxylic acids is 3. The van der Waals surface area contributed by atoms with E-state index in [2.05, 4.69) is 39.9 Å². The number of sulfone groups is 1. The smallest absolute Gasteiger partial charge is 0.267 e. The Labute approximate surface area is 365 Å². The van der Waals surface area contributed by atoms with Crippen molar-refractivity contribution in [3.8, 4) is 39.3 Å². The lowest BCUT2D eigenvalue weighted by Gasteiger charge is -2.10. The predicted octanol–water partition coefficient (Wildman–Crippen LogP) is 5.70. The molecule has 0 unspecified atom stereocenters. The van der Waals surface area contributed by atoms with Gasteiger partial charge in [0.15, 0.2) is 9.84 Å². The van der Waals surface area contributed by atoms with E-state index in [1.807, 2.05) is 25.1 Å². The van der Waals surface area contributed by atoms with E-state index in [9.17, 15) is 22.8 Å². The maximum atomic E-state index is 12.0. The van der Waals surface area contributed by atoms with Crippen molar-refractivity contribution in [2.24, 2.45) is 17.2 Å². The van der Waals surface area contributed by atoms with Crippen molar-refractivity contribution < 1.29 is 27.5 Å². The molecule has 0 aliphatic rings. The van der Waals surface area contributed by atoms with Gasteiger partial charge in [-0.15, -0.1) is 0 Å². The van der Waals surface area contributed by atoms with Crippen molar-refractivity contribution >= 4 is 60.3 Å². The lowest BCUT2D eigenvalue weighted by atomic mass is 10.0. The molecular formula is C46H37N11O6S. The molecule has 0 atom stereocenters. The summed E-state index contributed by atoms with van der Waals surface area (Å²) in [6, 6.07) is 24.0. The van der Waals surface area contributed by atoms with Crippen molar-refractivity contribution in [3.05, 3.63) is 157 Å². The van der Waals surface area contributed by atoms with E-state index in [0.29, 0.717) is 38.9 Å². The highest BCUT2D eigenvalue weighted by Gasteiger charge is 2.18. The Balaban J connectivity index is 0.000000144. The summed E-state index contributed by atoms with van der Waals surface area (Å²) in [6.07, 6.45) is 14.5. The first-order chi connectivity index (χ1) is 30.7. The molecule has 8 heterocycles. The van der Waals surface area contributed by atoms with Crippen LogP contribution in [0.1, 0.15) is 37.2 Å². The summed E-state index contributed by atoms with van der Waals surface area (Å²) in [5.41, 5.74) is 23.7. The van der Waals surface area contributed by atoms with E-state index in [1.54, 1.807) is 105 Å². The van der Waals surface area contributed by atoms with Gasteiger partial charge in [0.1, 0.15) is 17.1 Å². The molecule has 0 aliphatic carbocycles. The summed E-state index contributed by atoms with van der Waals surface area (Å²) in [5, 5.41) is 2.38. The number of ether oxygens (including phenoxy) is 1. The number of benzene rings is 1. The normalized spacial score (nSPS) is 10.9. The van der Waals surface area contributed by atoms with Crippen molar-refractivity contribution in [2.75, 3.05) is 13.4 Å². The lowest BCUT2D eigenvalue weighted by Crippen LogP contribution is -2.13. The van der Waals surface area contributed by atoms with Crippen LogP contribution in [-0.4, -0.2) is 79.4 Å². The van der Waals surface area contributed by atoms with Crippen molar-refractivity contribution in [1.82, 2.24) is 39.9 Å². The van der Waals surface area contributed by atoms with Crippen molar-refractivity contribution in [2.45, 2.75) is 11.8 Å². The van der Waals surface area contributed by atoms with Gasteiger partial charge in [0.05, 0.1) is 28.6 Å². The van der Waals surface area contributed by atoms with Crippen LogP contribution in [0.5, 0.6) is 5.88 Å². The summed E-state index contributed by atoms with van der Waals surface area (Å²) in [4.78, 5) is 67.9. The quantitative estimate of drug-likeness (QED) is 0.165. The number of amides is 3. The number of methoxy groups -OCH3 is 1. The average molecular weight is 872 g/mol. The van der Waals surface area contributed by atoms with E-state index in [4.69, 9.17) is 21.9 Å². The van der Waals surface area contributed by atoms with Gasteiger partial charge in [-0.05, 0) is 73.2 Å². The summed E-state index contributed by atoms with van der Waals surface area (Å²) in [6.45, 7) is 1.92. The third-order valence-electron chi connectivity index (χ3n) is 9.59. The highest BCUT2D eigenvalue weighted by atomic mass is 32.2. The first-order valence-electron chi connectivity index (χ1n) is 19.1. The molecule has 64 heavy (non-hydrogen) atoms. The molecular weight excluding hydrogens is 835 g/mol. The van der Waals surface area contributed by atoms with Crippen LogP contribution in [0.15, 0.2) is 139 Å². The van der Waals surface area contributed by atoms with Gasteiger partial charge in [-0.3, -0.25) is 34.3 Å². The van der Waals surface area contributed by atoms with Gasteiger partial charge in [-0.1, -0.05) is 18.2 Å². The van der Waals surface area contributed by atoms with Crippen LogP contribution in [-0.2, 0) is 9.84 Å². The zero-order valence-electron chi connectivity index (χ0n) is 34.4. The maximum Gasteiger partial charge on any atom is 0.267 e. The number of pyridine rings is 8. The van der Waals surface area contributed by atoms with Crippen molar-refractivity contribution in [3.63, 3.8) is 0 Å². The summed E-state index contributed by atoms with van der Waals surface area (Å²) in [5.74, 6) is -1.23. The van der Waals surface area contributed by atoms with Crippen LogP contribution < -0.4 is 21.9 Å². The fourth-order valence-electron chi connectivity index (χ4n) is 6.55. The second-order valence-corrected chi connectivity index (χ2v) is 16.0. The standard InChI is InChI=1S/C16H13N3O3S.C15H12N4O2.C15H12N4O/c1-23(21,22)14-5-3-2-4-11(14)12-9-18-8-10-6-7-13(16(17)20)19-15(10)12;1-21-13-5-3-9(7-18-13)11-8-17-6-10-2-4-12(15(16)20)19-14(10)11;1-9-6-10(4-5-18-9)12-8-17-7-11-2-3-13(15(16)20)19-14(11)12/h2-9H,1H3,(H2,17,20);2-8H,1H3,(H2,16,20);2-8H,1H3,(H2,16,20). The molecule has 0 spiro atoms. The van der Waals surface area contributed by atoms with E-state index in [-0.39, 0.29) is 22.0 Å². The second-order valence-electron chi connectivity index (χ2n) is 14.0. The topological polar surface area (TPSA) is 276 Å². The number of hydrogen-bond donors (Lipinski definition) is 3. The number of hydrogen-bond acceptors (Lipinski definition) is 14. The maximum absolute atomic E-state index is 12.0. The van der Waals surface area contributed by atoms with E-state index >= 15 is 0 Å². The minimum Gasteiger partial charge on any atom is -0.481 e. The molecule has 18 heteroatoms. The largest absolute Gasteiger partial charge is 0.481 e. The molecule has 0 saturated carbocycles. The number of nitrogens with zero attached hydrogens (tertiary/aromatic N) is 8. The van der Waals surface area contributed by atoms with Gasteiger partial charge >= 0.3 is 0 Å². The van der Waals surface area contributed by atoms with E-state index < -0.39 is 27.6 Å². The van der Waals surface area contributed by atoms with E-state index in [1.165, 1.54) is 18.3 Å². The number of nitrogens with two attached hydrogens (primary N) is 3. The number of carbonyl (C=O) groups is 3. The monoisotopic (exact) mass is 871 g/mol. The van der Waals surface area contributed by atoms with Crippen LogP contribution in [0.3, 0.4) is 0 Å². The van der Waals surface area contributed by atoms with Gasteiger partial charge in [-0.25, -0.2) is 28.4 Å². The van der Waals surface area contributed by atoms with Crippen LogP contribution in [0.4, 0.5) is 0 Å². The minimum absolute atomic E-state index is 0.113. The number of rotatable bonds is 8. The molecule has 0 bridgehead atoms. The van der Waals surface area contributed by atoms with Gasteiger partial charge in [-0.2, -0.15) is 0 Å². The average Bonchev–Trinajstić information content (AvgIpc) is 3.30. The molecule has 0 aliphatic heterocycles. The molecule has 6 N–H and O–H groups in total. The summed E-state index contributed by atoms with van der Waals surface area (Å²) in [7, 11) is -1.87. The zero-order chi connectivity index (χ0) is 45.5. The van der Waals surface area contributed by atoms with Crippen LogP contribution in [0.2, 0.25) is 0 Å². The Morgan fingerprint density at radius 1 is 0.531 bits per heavy atom. The third kappa shape index (κ3) is 9.61. The van der Waals surface area contributed by atoms with Gasteiger partial charge in [0, 0.05) is 112 Å². The molecule has 3 amide bonds.